The molecule has 2 aromatic rings. The number of aromatic amines is 1. The number of oxime groups is 2. The molecule has 1 aromatic carbocycles. The van der Waals surface area contributed by atoms with Crippen LogP contribution in [0.1, 0.15) is 5.56 Å². The lowest BCUT2D eigenvalue weighted by atomic mass is 10.1. The minimum atomic E-state index is -0.771. The van der Waals surface area contributed by atoms with Gasteiger partial charge in [0.2, 0.25) is 11.7 Å². The maximum atomic E-state index is 14.1. The Labute approximate surface area is 146 Å². The molecule has 1 aromatic heterocycles. The van der Waals surface area contributed by atoms with Crippen molar-refractivity contribution >= 4 is 23.8 Å². The summed E-state index contributed by atoms with van der Waals surface area (Å²) in [5.74, 6) is -0.530. The molecule has 10 heteroatoms. The first-order valence-corrected chi connectivity index (χ1v) is 7.56. The SMILES string of the molecule is CO/N=C(\C1=NOCCO1)c1ccccc1Oc1[nH]cnc(=S)c1F. The van der Waals surface area contributed by atoms with Crippen LogP contribution in [-0.2, 0) is 14.4 Å². The molecule has 8 nitrogen and oxygen atoms in total. The van der Waals surface area contributed by atoms with Gasteiger partial charge in [0.1, 0.15) is 19.5 Å². The molecular weight excluding hydrogens is 351 g/mol. The number of hydrogen-bond acceptors (Lipinski definition) is 8. The van der Waals surface area contributed by atoms with Crippen LogP contribution in [0.2, 0.25) is 0 Å². The van der Waals surface area contributed by atoms with Crippen LogP contribution >= 0.6 is 12.2 Å². The summed E-state index contributed by atoms with van der Waals surface area (Å²) >= 11 is 4.80. The van der Waals surface area contributed by atoms with Gasteiger partial charge < -0.3 is 24.1 Å². The monoisotopic (exact) mass is 364 g/mol. The number of ether oxygens (including phenoxy) is 2. The molecule has 1 aliphatic heterocycles. The quantitative estimate of drug-likeness (QED) is 0.498. The van der Waals surface area contributed by atoms with E-state index in [1.807, 2.05) is 0 Å². The number of rotatable bonds is 5. The third kappa shape index (κ3) is 3.74. The van der Waals surface area contributed by atoms with Gasteiger partial charge in [0.15, 0.2) is 17.0 Å². The number of hydrogen-bond donors (Lipinski definition) is 1. The second kappa shape index (κ2) is 7.71. The topological polar surface area (TPSA) is 90.3 Å². The van der Waals surface area contributed by atoms with Gasteiger partial charge in [-0.3, -0.25) is 0 Å². The molecule has 1 aliphatic rings. The molecule has 0 saturated heterocycles. The highest BCUT2D eigenvalue weighted by atomic mass is 32.1. The summed E-state index contributed by atoms with van der Waals surface area (Å²) < 4.78 is 24.9. The van der Waals surface area contributed by atoms with Gasteiger partial charge in [-0.2, -0.15) is 4.39 Å². The smallest absolute Gasteiger partial charge is 0.280 e. The lowest BCUT2D eigenvalue weighted by molar-refractivity contribution is 0.0672. The Morgan fingerprint density at radius 2 is 2.20 bits per heavy atom. The molecule has 3 rings (SSSR count). The van der Waals surface area contributed by atoms with Crippen molar-refractivity contribution in [3.8, 4) is 11.6 Å². The molecule has 130 valence electrons. The first kappa shape index (κ1) is 16.8. The minimum absolute atomic E-state index is 0.132. The van der Waals surface area contributed by atoms with Gasteiger partial charge in [-0.1, -0.05) is 29.5 Å². The molecule has 0 spiro atoms. The number of nitrogens with one attached hydrogen (secondary N) is 1. The predicted octanol–water partition coefficient (Wildman–Crippen LogP) is 2.78. The predicted molar refractivity (Wildman–Crippen MR) is 88.8 cm³/mol. The number of aromatic nitrogens is 2. The van der Waals surface area contributed by atoms with Crippen LogP contribution in [0.4, 0.5) is 4.39 Å². The van der Waals surface area contributed by atoms with E-state index in [1.54, 1.807) is 24.3 Å². The van der Waals surface area contributed by atoms with Gasteiger partial charge in [-0.15, -0.1) is 0 Å². The van der Waals surface area contributed by atoms with E-state index in [0.29, 0.717) is 18.8 Å². The van der Waals surface area contributed by atoms with Crippen LogP contribution in [0.15, 0.2) is 40.9 Å². The molecule has 0 radical (unpaired) electrons. The fourth-order valence-corrected chi connectivity index (χ4v) is 2.16. The van der Waals surface area contributed by atoms with Crippen LogP contribution < -0.4 is 4.74 Å². The fraction of sp³-hybridized carbons (Fsp3) is 0.200. The van der Waals surface area contributed by atoms with Crippen LogP contribution in [0.3, 0.4) is 0 Å². The largest absolute Gasteiger partial charge is 0.470 e. The normalized spacial score (nSPS) is 14.2. The molecular formula is C15H13FN4O4S. The summed E-state index contributed by atoms with van der Waals surface area (Å²) in [6.07, 6.45) is 1.25. The second-order valence-corrected chi connectivity index (χ2v) is 5.04. The fourth-order valence-electron chi connectivity index (χ4n) is 2.01. The summed E-state index contributed by atoms with van der Waals surface area (Å²) in [6, 6.07) is 6.79. The standard InChI is InChI=1S/C15H13FN4O4S/c1-21-19-12(14-20-23-7-6-22-14)9-4-2-3-5-10(9)24-13-11(16)15(25)18-8-17-13/h2-5,8H,6-7H2,1H3,(H,17,18,25)/b19-12-. The summed E-state index contributed by atoms with van der Waals surface area (Å²) in [6.45, 7) is 0.650. The molecule has 0 bridgehead atoms. The number of benzene rings is 1. The minimum Gasteiger partial charge on any atom is -0.470 e. The molecule has 0 atom stereocenters. The lowest BCUT2D eigenvalue weighted by Crippen LogP contribution is -2.25. The number of H-pyrrole nitrogens is 1. The average molecular weight is 364 g/mol. The summed E-state index contributed by atoms with van der Waals surface area (Å²) in [4.78, 5) is 16.1. The van der Waals surface area contributed by atoms with Crippen molar-refractivity contribution in [1.82, 2.24) is 9.97 Å². The maximum Gasteiger partial charge on any atom is 0.280 e. The van der Waals surface area contributed by atoms with E-state index < -0.39 is 5.82 Å². The highest BCUT2D eigenvalue weighted by Gasteiger charge is 2.23. The Bertz CT molecular complexity index is 884. The third-order valence-electron chi connectivity index (χ3n) is 3.06. The van der Waals surface area contributed by atoms with Crippen molar-refractivity contribution in [3.63, 3.8) is 0 Å². The highest BCUT2D eigenvalue weighted by Crippen LogP contribution is 2.27. The zero-order valence-corrected chi connectivity index (χ0v) is 13.9. The van der Waals surface area contributed by atoms with Gasteiger partial charge in [-0.25, -0.2) is 4.98 Å². The molecule has 0 aliphatic carbocycles. The Kier molecular flexibility index (Phi) is 5.19. The average Bonchev–Trinajstić information content (AvgIpc) is 2.65. The molecule has 0 unspecified atom stereocenters. The third-order valence-corrected chi connectivity index (χ3v) is 3.35. The van der Waals surface area contributed by atoms with Crippen molar-refractivity contribution in [3.05, 3.63) is 46.6 Å². The van der Waals surface area contributed by atoms with E-state index in [2.05, 4.69) is 20.3 Å². The summed E-state index contributed by atoms with van der Waals surface area (Å²) in [5.41, 5.74) is 0.704. The molecule has 2 heterocycles. The van der Waals surface area contributed by atoms with Crippen LogP contribution in [0.25, 0.3) is 0 Å². The van der Waals surface area contributed by atoms with Crippen molar-refractivity contribution < 1.29 is 23.5 Å². The van der Waals surface area contributed by atoms with Crippen LogP contribution in [0.5, 0.6) is 11.6 Å². The van der Waals surface area contributed by atoms with Crippen LogP contribution in [-0.4, -0.2) is 41.9 Å². The van der Waals surface area contributed by atoms with Gasteiger partial charge in [0.25, 0.3) is 5.90 Å². The van der Waals surface area contributed by atoms with Crippen LogP contribution in [0, 0.1) is 10.5 Å². The number of halogens is 1. The van der Waals surface area contributed by atoms with Gasteiger partial charge in [-0.05, 0) is 17.3 Å². The summed E-state index contributed by atoms with van der Waals surface area (Å²) in [5, 5.41) is 7.75. The van der Waals surface area contributed by atoms with E-state index in [1.165, 1.54) is 13.4 Å². The number of nitrogens with zero attached hydrogens (tertiary/aromatic N) is 3. The van der Waals surface area contributed by atoms with Gasteiger partial charge in [0.05, 0.1) is 11.9 Å². The summed E-state index contributed by atoms with van der Waals surface area (Å²) in [7, 11) is 1.38. The maximum absolute atomic E-state index is 14.1. The molecule has 0 amide bonds. The molecule has 0 saturated carbocycles. The van der Waals surface area contributed by atoms with Gasteiger partial charge in [0, 0.05) is 0 Å². The van der Waals surface area contributed by atoms with E-state index in [-0.39, 0.29) is 27.9 Å². The molecule has 0 fully saturated rings. The molecule has 25 heavy (non-hydrogen) atoms. The lowest BCUT2D eigenvalue weighted by Gasteiger charge is -2.16. The Morgan fingerprint density at radius 3 is 2.96 bits per heavy atom. The van der Waals surface area contributed by atoms with E-state index in [9.17, 15) is 4.39 Å². The molecule has 1 N–H and O–H groups in total. The van der Waals surface area contributed by atoms with E-state index in [4.69, 9.17) is 31.4 Å². The van der Waals surface area contributed by atoms with E-state index in [0.717, 1.165) is 0 Å². The number of para-hydroxylation sites is 1. The zero-order valence-electron chi connectivity index (χ0n) is 13.1. The Morgan fingerprint density at radius 1 is 1.36 bits per heavy atom. The first-order chi connectivity index (χ1) is 12.2. The van der Waals surface area contributed by atoms with Crippen molar-refractivity contribution in [1.29, 1.82) is 0 Å². The highest BCUT2D eigenvalue weighted by molar-refractivity contribution is 7.71. The Balaban J connectivity index is 2.02. The van der Waals surface area contributed by atoms with Crippen molar-refractivity contribution in [2.45, 2.75) is 0 Å². The second-order valence-electron chi connectivity index (χ2n) is 4.65. The van der Waals surface area contributed by atoms with Crippen molar-refractivity contribution in [2.24, 2.45) is 10.3 Å². The van der Waals surface area contributed by atoms with Crippen molar-refractivity contribution in [2.75, 3.05) is 20.3 Å². The Hall–Kier alpha value is -3.01. The first-order valence-electron chi connectivity index (χ1n) is 7.15. The van der Waals surface area contributed by atoms with Gasteiger partial charge >= 0.3 is 0 Å². The van der Waals surface area contributed by atoms with E-state index >= 15 is 0 Å². The zero-order chi connectivity index (χ0) is 17.6.